The van der Waals surface area contributed by atoms with Crippen molar-refractivity contribution in [3.63, 3.8) is 0 Å². The van der Waals surface area contributed by atoms with Gasteiger partial charge in [0.25, 0.3) is 5.91 Å². The van der Waals surface area contributed by atoms with E-state index in [4.69, 9.17) is 4.74 Å². The van der Waals surface area contributed by atoms with E-state index in [9.17, 15) is 9.59 Å². The van der Waals surface area contributed by atoms with Crippen LogP contribution in [0, 0.1) is 20.8 Å². The zero-order chi connectivity index (χ0) is 21.0. The Morgan fingerprint density at radius 2 is 1.79 bits per heavy atom. The number of nitrogens with one attached hydrogen (secondary N) is 1. The van der Waals surface area contributed by atoms with E-state index in [1.54, 1.807) is 6.92 Å². The molecule has 0 saturated carbocycles. The Hall–Kier alpha value is -3.48. The summed E-state index contributed by atoms with van der Waals surface area (Å²) in [4.78, 5) is 25.9. The number of esters is 1. The maximum absolute atomic E-state index is 12.4. The summed E-state index contributed by atoms with van der Waals surface area (Å²) in [7, 11) is 0. The van der Waals surface area contributed by atoms with Gasteiger partial charge in [0.15, 0.2) is 12.3 Å². The van der Waals surface area contributed by atoms with Gasteiger partial charge in [0.1, 0.15) is 0 Å². The van der Waals surface area contributed by atoms with Crippen LogP contribution < -0.4 is 5.32 Å². The van der Waals surface area contributed by atoms with Gasteiger partial charge in [-0.1, -0.05) is 48.0 Å². The molecule has 0 aliphatic rings. The van der Waals surface area contributed by atoms with Gasteiger partial charge in [-0.25, -0.2) is 4.79 Å². The maximum Gasteiger partial charge on any atom is 0.361 e. The average molecular weight is 392 g/mol. The lowest BCUT2D eigenvalue weighted by atomic mass is 10.1. The van der Waals surface area contributed by atoms with Gasteiger partial charge in [0, 0.05) is 0 Å². The van der Waals surface area contributed by atoms with Gasteiger partial charge >= 0.3 is 5.97 Å². The third-order valence-corrected chi connectivity index (χ3v) is 4.55. The van der Waals surface area contributed by atoms with E-state index in [1.165, 1.54) is 4.80 Å². The van der Waals surface area contributed by atoms with Crippen molar-refractivity contribution in [1.29, 1.82) is 0 Å². The molecule has 1 atom stereocenters. The van der Waals surface area contributed by atoms with Crippen molar-refractivity contribution in [3.8, 4) is 5.69 Å². The first-order chi connectivity index (χ1) is 13.8. The first kappa shape index (κ1) is 20.3. The van der Waals surface area contributed by atoms with Gasteiger partial charge in [-0.15, -0.1) is 5.10 Å². The van der Waals surface area contributed by atoms with Gasteiger partial charge in [0.05, 0.1) is 17.4 Å². The molecule has 1 heterocycles. The summed E-state index contributed by atoms with van der Waals surface area (Å²) in [5, 5.41) is 11.4. The number of carbonyl (C=O) groups excluding carboxylic acids is 2. The molecule has 7 nitrogen and oxygen atoms in total. The molecule has 0 saturated heterocycles. The van der Waals surface area contributed by atoms with E-state index in [1.807, 2.05) is 69.3 Å². The van der Waals surface area contributed by atoms with E-state index in [-0.39, 0.29) is 24.2 Å². The second-order valence-corrected chi connectivity index (χ2v) is 6.99. The number of nitrogens with zero attached hydrogens (tertiary/aromatic N) is 3. The molecule has 1 amide bonds. The van der Waals surface area contributed by atoms with Crippen LogP contribution in [-0.2, 0) is 9.53 Å². The highest BCUT2D eigenvalue weighted by Gasteiger charge is 2.20. The van der Waals surface area contributed by atoms with Crippen molar-refractivity contribution in [2.45, 2.75) is 33.7 Å². The fourth-order valence-electron chi connectivity index (χ4n) is 3.01. The minimum Gasteiger partial charge on any atom is -0.451 e. The van der Waals surface area contributed by atoms with Gasteiger partial charge in [-0.05, 0) is 44.9 Å². The Kier molecular flexibility index (Phi) is 6.07. The van der Waals surface area contributed by atoms with Crippen molar-refractivity contribution in [2.24, 2.45) is 0 Å². The molecule has 0 aliphatic heterocycles. The van der Waals surface area contributed by atoms with Crippen LogP contribution in [0.1, 0.15) is 45.8 Å². The molecule has 0 radical (unpaired) electrons. The molecule has 0 spiro atoms. The molecular formula is C22H24N4O3. The molecule has 0 bridgehead atoms. The lowest BCUT2D eigenvalue weighted by Gasteiger charge is -2.14. The number of hydrogen-bond donors (Lipinski definition) is 1. The number of rotatable bonds is 6. The fourth-order valence-corrected chi connectivity index (χ4v) is 3.01. The van der Waals surface area contributed by atoms with E-state index < -0.39 is 5.97 Å². The SMILES string of the molecule is Cc1ccc(-n2nc(C)c(C(=O)OCC(=O)N[C@@H](C)c3ccccc3)n2)c(C)c1. The lowest BCUT2D eigenvalue weighted by Crippen LogP contribution is -2.31. The van der Waals surface area contributed by atoms with Crippen LogP contribution in [0.5, 0.6) is 0 Å². The average Bonchev–Trinajstić information content (AvgIpc) is 3.08. The molecule has 0 unspecified atom stereocenters. The quantitative estimate of drug-likeness (QED) is 0.651. The van der Waals surface area contributed by atoms with Gasteiger partial charge in [0.2, 0.25) is 0 Å². The largest absolute Gasteiger partial charge is 0.451 e. The normalized spacial score (nSPS) is 11.7. The summed E-state index contributed by atoms with van der Waals surface area (Å²) in [5.41, 5.74) is 4.41. The number of aryl methyl sites for hydroxylation is 3. The first-order valence-corrected chi connectivity index (χ1v) is 9.38. The van der Waals surface area contributed by atoms with Crippen LogP contribution in [0.15, 0.2) is 48.5 Å². The Labute approximate surface area is 169 Å². The number of aromatic nitrogens is 3. The van der Waals surface area contributed by atoms with Crippen LogP contribution >= 0.6 is 0 Å². The minimum atomic E-state index is -0.680. The summed E-state index contributed by atoms with van der Waals surface area (Å²) in [6.07, 6.45) is 0. The van der Waals surface area contributed by atoms with Crippen molar-refractivity contribution in [1.82, 2.24) is 20.3 Å². The third kappa shape index (κ3) is 4.87. The van der Waals surface area contributed by atoms with Crippen LogP contribution in [-0.4, -0.2) is 33.5 Å². The number of ether oxygens (including phenoxy) is 1. The summed E-state index contributed by atoms with van der Waals surface area (Å²) in [6.45, 7) is 7.13. The zero-order valence-electron chi connectivity index (χ0n) is 17.0. The summed E-state index contributed by atoms with van der Waals surface area (Å²) in [5.74, 6) is -1.06. The monoisotopic (exact) mass is 392 g/mol. The van der Waals surface area contributed by atoms with E-state index in [2.05, 4.69) is 15.5 Å². The smallest absolute Gasteiger partial charge is 0.361 e. The number of carbonyl (C=O) groups is 2. The number of benzene rings is 2. The molecule has 1 N–H and O–H groups in total. The highest BCUT2D eigenvalue weighted by atomic mass is 16.5. The molecule has 150 valence electrons. The zero-order valence-corrected chi connectivity index (χ0v) is 17.0. The van der Waals surface area contributed by atoms with E-state index in [0.29, 0.717) is 5.69 Å². The third-order valence-electron chi connectivity index (χ3n) is 4.55. The van der Waals surface area contributed by atoms with Crippen LogP contribution in [0.3, 0.4) is 0 Å². The Bertz CT molecular complexity index is 1030. The fraction of sp³-hybridized carbons (Fsp3) is 0.273. The molecule has 29 heavy (non-hydrogen) atoms. The van der Waals surface area contributed by atoms with E-state index in [0.717, 1.165) is 22.4 Å². The highest BCUT2D eigenvalue weighted by molar-refractivity contribution is 5.90. The van der Waals surface area contributed by atoms with Crippen LogP contribution in [0.4, 0.5) is 0 Å². The Balaban J connectivity index is 1.62. The highest BCUT2D eigenvalue weighted by Crippen LogP contribution is 2.16. The van der Waals surface area contributed by atoms with E-state index >= 15 is 0 Å². The summed E-state index contributed by atoms with van der Waals surface area (Å²) in [6, 6.07) is 15.2. The van der Waals surface area contributed by atoms with Crippen molar-refractivity contribution in [2.75, 3.05) is 6.61 Å². The maximum atomic E-state index is 12.4. The topological polar surface area (TPSA) is 86.1 Å². The molecule has 0 fully saturated rings. The first-order valence-electron chi connectivity index (χ1n) is 9.38. The molecular weight excluding hydrogens is 368 g/mol. The molecule has 7 heteroatoms. The molecule has 0 aliphatic carbocycles. The second kappa shape index (κ2) is 8.68. The molecule has 3 aromatic rings. The second-order valence-electron chi connectivity index (χ2n) is 6.99. The van der Waals surface area contributed by atoms with Crippen LogP contribution in [0.2, 0.25) is 0 Å². The van der Waals surface area contributed by atoms with Gasteiger partial charge in [-0.3, -0.25) is 4.79 Å². The Morgan fingerprint density at radius 3 is 2.48 bits per heavy atom. The van der Waals surface area contributed by atoms with Crippen LogP contribution in [0.25, 0.3) is 5.69 Å². The van der Waals surface area contributed by atoms with Crippen molar-refractivity contribution in [3.05, 3.63) is 76.6 Å². The van der Waals surface area contributed by atoms with Gasteiger partial charge < -0.3 is 10.1 Å². The minimum absolute atomic E-state index is 0.0916. The molecule has 2 aromatic carbocycles. The predicted molar refractivity (Wildman–Crippen MR) is 109 cm³/mol. The van der Waals surface area contributed by atoms with Crippen molar-refractivity contribution >= 4 is 11.9 Å². The predicted octanol–water partition coefficient (Wildman–Crippen LogP) is 3.23. The summed E-state index contributed by atoms with van der Waals surface area (Å²) < 4.78 is 5.14. The number of amides is 1. The number of hydrogen-bond acceptors (Lipinski definition) is 5. The molecule has 1 aromatic heterocycles. The summed E-state index contributed by atoms with van der Waals surface area (Å²) >= 11 is 0. The molecule has 3 rings (SSSR count). The lowest BCUT2D eigenvalue weighted by molar-refractivity contribution is -0.124. The van der Waals surface area contributed by atoms with Crippen molar-refractivity contribution < 1.29 is 14.3 Å². The van der Waals surface area contributed by atoms with Gasteiger partial charge in [-0.2, -0.15) is 9.90 Å². The standard InChI is InChI=1S/C22H24N4O3/c1-14-10-11-19(15(2)12-14)26-24-17(4)21(25-26)22(28)29-13-20(27)23-16(3)18-8-6-5-7-9-18/h5-12,16H,13H2,1-4H3,(H,23,27)/t16-/m0/s1. The Morgan fingerprint density at radius 1 is 1.07 bits per heavy atom.